The fourth-order valence-corrected chi connectivity index (χ4v) is 2.26. The van der Waals surface area contributed by atoms with Crippen molar-refractivity contribution in [3.05, 3.63) is 24.3 Å². The van der Waals surface area contributed by atoms with Crippen LogP contribution in [-0.4, -0.2) is 30.6 Å². The van der Waals surface area contributed by atoms with Crippen LogP contribution >= 0.6 is 12.4 Å². The molecule has 4 N–H and O–H groups in total. The minimum absolute atomic E-state index is 0. The summed E-state index contributed by atoms with van der Waals surface area (Å²) in [7, 11) is 0. The van der Waals surface area contributed by atoms with Gasteiger partial charge in [0.2, 0.25) is 5.91 Å². The normalized spacial score (nSPS) is 20.0. The third-order valence-corrected chi connectivity index (χ3v) is 3.58. The lowest BCUT2D eigenvalue weighted by Gasteiger charge is -2.14. The van der Waals surface area contributed by atoms with E-state index in [1.165, 1.54) is 0 Å². The van der Waals surface area contributed by atoms with Crippen LogP contribution in [0.3, 0.4) is 0 Å². The number of nitrogens with two attached hydrogens (primary N) is 1. The maximum absolute atomic E-state index is 12.2. The summed E-state index contributed by atoms with van der Waals surface area (Å²) in [6.07, 6.45) is 0.992. The van der Waals surface area contributed by atoms with Gasteiger partial charge in [-0.15, -0.1) is 12.4 Å². The lowest BCUT2D eigenvalue weighted by molar-refractivity contribution is -0.126. The molecule has 2 atom stereocenters. The molecule has 7 heteroatoms. The molecule has 0 saturated carbocycles. The molecule has 0 unspecified atom stereocenters. The first-order valence-corrected chi connectivity index (χ1v) is 7.57. The molecular formula is C16H24ClN3O3. The first-order chi connectivity index (χ1) is 10.5. The van der Waals surface area contributed by atoms with Crippen molar-refractivity contribution in [3.63, 3.8) is 0 Å². The molecule has 1 aromatic rings. The highest BCUT2D eigenvalue weighted by Gasteiger charge is 2.29. The van der Waals surface area contributed by atoms with E-state index in [0.717, 1.165) is 6.42 Å². The maximum atomic E-state index is 12.2. The van der Waals surface area contributed by atoms with Gasteiger partial charge in [-0.05, 0) is 31.0 Å². The molecule has 0 spiro atoms. The van der Waals surface area contributed by atoms with Crippen molar-refractivity contribution in [2.75, 3.05) is 17.2 Å². The van der Waals surface area contributed by atoms with Gasteiger partial charge in [-0.3, -0.25) is 9.59 Å². The second-order valence-corrected chi connectivity index (χ2v) is 5.77. The summed E-state index contributed by atoms with van der Waals surface area (Å²) in [6, 6.07) is 7.07. The lowest BCUT2D eigenvalue weighted by atomic mass is 10.2. The van der Waals surface area contributed by atoms with Gasteiger partial charge in [0.05, 0.1) is 6.10 Å². The van der Waals surface area contributed by atoms with Crippen LogP contribution in [0.1, 0.15) is 26.7 Å². The van der Waals surface area contributed by atoms with Crippen molar-refractivity contribution in [1.82, 2.24) is 0 Å². The molecule has 128 valence electrons. The molecule has 0 radical (unpaired) electrons. The molecular weight excluding hydrogens is 318 g/mol. The fraction of sp³-hybridized carbons (Fsp3) is 0.500. The molecule has 2 amide bonds. The molecule has 1 heterocycles. The number of hydrogen-bond donors (Lipinski definition) is 3. The third-order valence-electron chi connectivity index (χ3n) is 3.58. The van der Waals surface area contributed by atoms with E-state index in [2.05, 4.69) is 10.6 Å². The monoisotopic (exact) mass is 341 g/mol. The number of ether oxygens (including phenoxy) is 1. The molecule has 6 nitrogen and oxygen atoms in total. The minimum Gasteiger partial charge on any atom is -0.364 e. The van der Waals surface area contributed by atoms with Crippen LogP contribution in [-0.2, 0) is 14.3 Å². The SMILES string of the molecule is CC(C)C(=O)Nc1cccc(NC(=O)[C@@H]2CC[C@H](CN)O2)c1.Cl. The van der Waals surface area contributed by atoms with Gasteiger partial charge in [0.25, 0.3) is 5.91 Å². The van der Waals surface area contributed by atoms with Gasteiger partial charge < -0.3 is 21.1 Å². The van der Waals surface area contributed by atoms with E-state index < -0.39 is 6.10 Å². The van der Waals surface area contributed by atoms with E-state index in [9.17, 15) is 9.59 Å². The summed E-state index contributed by atoms with van der Waals surface area (Å²) in [6.45, 7) is 4.08. The topological polar surface area (TPSA) is 93.5 Å². The van der Waals surface area contributed by atoms with Crippen molar-refractivity contribution < 1.29 is 14.3 Å². The second kappa shape index (κ2) is 8.86. The van der Waals surface area contributed by atoms with Crippen LogP contribution < -0.4 is 16.4 Å². The first-order valence-electron chi connectivity index (χ1n) is 7.57. The van der Waals surface area contributed by atoms with Gasteiger partial charge >= 0.3 is 0 Å². The summed E-state index contributed by atoms with van der Waals surface area (Å²) in [5, 5.41) is 5.62. The maximum Gasteiger partial charge on any atom is 0.253 e. The van der Waals surface area contributed by atoms with Crippen molar-refractivity contribution in [1.29, 1.82) is 0 Å². The summed E-state index contributed by atoms with van der Waals surface area (Å²) in [5.41, 5.74) is 6.83. The number of anilines is 2. The molecule has 1 aliphatic heterocycles. The Labute approximate surface area is 142 Å². The average Bonchev–Trinajstić information content (AvgIpc) is 2.96. The number of carbonyl (C=O) groups excluding carboxylic acids is 2. The Morgan fingerprint density at radius 3 is 2.48 bits per heavy atom. The average molecular weight is 342 g/mol. The van der Waals surface area contributed by atoms with Gasteiger partial charge in [-0.1, -0.05) is 19.9 Å². The van der Waals surface area contributed by atoms with E-state index in [1.54, 1.807) is 24.3 Å². The molecule has 2 rings (SSSR count). The molecule has 23 heavy (non-hydrogen) atoms. The largest absolute Gasteiger partial charge is 0.364 e. The number of nitrogens with one attached hydrogen (secondary N) is 2. The Balaban J connectivity index is 0.00000264. The van der Waals surface area contributed by atoms with Gasteiger partial charge in [0, 0.05) is 23.8 Å². The molecule has 1 aromatic carbocycles. The third kappa shape index (κ3) is 5.49. The van der Waals surface area contributed by atoms with Crippen LogP contribution in [0.25, 0.3) is 0 Å². The van der Waals surface area contributed by atoms with Crippen molar-refractivity contribution in [2.24, 2.45) is 11.7 Å². The standard InChI is InChI=1S/C16H23N3O3.ClH/c1-10(2)15(20)18-11-4-3-5-12(8-11)19-16(21)14-7-6-13(9-17)22-14;/h3-5,8,10,13-14H,6-7,9,17H2,1-2H3,(H,18,20)(H,19,21);1H/t13-,14+;/m1./s1. The van der Waals surface area contributed by atoms with Crippen LogP contribution in [0, 0.1) is 5.92 Å². The molecule has 0 aliphatic carbocycles. The van der Waals surface area contributed by atoms with Gasteiger partial charge in [0.1, 0.15) is 6.10 Å². The van der Waals surface area contributed by atoms with Gasteiger partial charge in [-0.2, -0.15) is 0 Å². The quantitative estimate of drug-likeness (QED) is 0.765. The van der Waals surface area contributed by atoms with Crippen molar-refractivity contribution >= 4 is 35.6 Å². The summed E-state index contributed by atoms with van der Waals surface area (Å²) >= 11 is 0. The zero-order chi connectivity index (χ0) is 16.1. The smallest absolute Gasteiger partial charge is 0.253 e. The van der Waals surface area contributed by atoms with Crippen molar-refractivity contribution in [2.45, 2.75) is 38.9 Å². The second-order valence-electron chi connectivity index (χ2n) is 5.77. The Bertz CT molecular complexity index is 551. The van der Waals surface area contributed by atoms with Crippen molar-refractivity contribution in [3.8, 4) is 0 Å². The number of amides is 2. The highest BCUT2D eigenvalue weighted by Crippen LogP contribution is 2.21. The zero-order valence-electron chi connectivity index (χ0n) is 13.4. The highest BCUT2D eigenvalue weighted by atomic mass is 35.5. The Morgan fingerprint density at radius 2 is 1.91 bits per heavy atom. The number of rotatable bonds is 5. The first kappa shape index (κ1) is 19.4. The minimum atomic E-state index is -0.456. The van der Waals surface area contributed by atoms with Crippen LogP contribution in [0.15, 0.2) is 24.3 Å². The Hall–Kier alpha value is -1.63. The van der Waals surface area contributed by atoms with E-state index >= 15 is 0 Å². The zero-order valence-corrected chi connectivity index (χ0v) is 14.2. The van der Waals surface area contributed by atoms with E-state index in [0.29, 0.717) is 24.3 Å². The van der Waals surface area contributed by atoms with Gasteiger partial charge in [-0.25, -0.2) is 0 Å². The molecule has 1 aliphatic rings. The van der Waals surface area contributed by atoms with Crippen LogP contribution in [0.5, 0.6) is 0 Å². The van der Waals surface area contributed by atoms with Gasteiger partial charge in [0.15, 0.2) is 0 Å². The summed E-state index contributed by atoms with van der Waals surface area (Å²) in [4.78, 5) is 23.8. The lowest BCUT2D eigenvalue weighted by Crippen LogP contribution is -2.29. The summed E-state index contributed by atoms with van der Waals surface area (Å²) < 4.78 is 5.56. The molecule has 1 saturated heterocycles. The predicted octanol–water partition coefficient (Wildman–Crippen LogP) is 2.15. The van der Waals surface area contributed by atoms with Crippen LogP contribution in [0.4, 0.5) is 11.4 Å². The Morgan fingerprint density at radius 1 is 1.26 bits per heavy atom. The number of carbonyl (C=O) groups is 2. The number of hydrogen-bond acceptors (Lipinski definition) is 4. The highest BCUT2D eigenvalue weighted by molar-refractivity contribution is 5.96. The van der Waals surface area contributed by atoms with E-state index in [-0.39, 0.29) is 36.2 Å². The summed E-state index contributed by atoms with van der Waals surface area (Å²) in [5.74, 6) is -0.338. The molecule has 0 aromatic heterocycles. The van der Waals surface area contributed by atoms with E-state index in [4.69, 9.17) is 10.5 Å². The van der Waals surface area contributed by atoms with E-state index in [1.807, 2.05) is 13.8 Å². The predicted molar refractivity (Wildman–Crippen MR) is 92.7 cm³/mol. The fourth-order valence-electron chi connectivity index (χ4n) is 2.26. The number of halogens is 1. The molecule has 1 fully saturated rings. The Kier molecular flexibility index (Phi) is 7.48. The number of benzene rings is 1. The van der Waals surface area contributed by atoms with Crippen LogP contribution in [0.2, 0.25) is 0 Å². The molecule has 0 bridgehead atoms.